The Morgan fingerprint density at radius 3 is 2.44 bits per heavy atom. The lowest BCUT2D eigenvalue weighted by Gasteiger charge is -2.13. The smallest absolute Gasteiger partial charge is 0.272 e. The van der Waals surface area contributed by atoms with Crippen LogP contribution < -0.4 is 15.4 Å². The van der Waals surface area contributed by atoms with Crippen molar-refractivity contribution in [2.45, 2.75) is 26.3 Å². The van der Waals surface area contributed by atoms with Crippen LogP contribution in [0.15, 0.2) is 66.7 Å². The maximum Gasteiger partial charge on any atom is 0.272 e. The highest BCUT2D eigenvalue weighted by Gasteiger charge is 2.11. The monoisotopic (exact) mass is 362 g/mol. The second-order valence-electron chi connectivity index (χ2n) is 6.12. The Balaban J connectivity index is 1.71. The Morgan fingerprint density at radius 2 is 1.74 bits per heavy atom. The van der Waals surface area contributed by atoms with E-state index in [1.165, 1.54) is 0 Å². The van der Waals surface area contributed by atoms with Gasteiger partial charge in [0.2, 0.25) is 0 Å². The number of ether oxygens (including phenoxy) is 1. The zero-order valence-corrected chi connectivity index (χ0v) is 15.3. The molecule has 0 fully saturated rings. The van der Waals surface area contributed by atoms with Gasteiger partial charge in [-0.15, -0.1) is 10.2 Å². The van der Waals surface area contributed by atoms with Crippen LogP contribution in [0, 0.1) is 0 Å². The van der Waals surface area contributed by atoms with E-state index >= 15 is 0 Å². The fraction of sp³-hybridized carbons (Fsp3) is 0.190. The van der Waals surface area contributed by atoms with Gasteiger partial charge in [0.1, 0.15) is 5.75 Å². The SMILES string of the molecule is CCC(C)NC(=O)c1ccc(Nc2ccccc2Oc2ccccc2)nn1. The first-order valence-electron chi connectivity index (χ1n) is 8.89. The van der Waals surface area contributed by atoms with Crippen LogP contribution in [0.4, 0.5) is 11.5 Å². The number of anilines is 2. The molecule has 1 unspecified atom stereocenters. The van der Waals surface area contributed by atoms with E-state index in [-0.39, 0.29) is 17.6 Å². The van der Waals surface area contributed by atoms with Gasteiger partial charge in [-0.1, -0.05) is 37.3 Å². The summed E-state index contributed by atoms with van der Waals surface area (Å²) >= 11 is 0. The van der Waals surface area contributed by atoms with Gasteiger partial charge in [0.25, 0.3) is 5.91 Å². The van der Waals surface area contributed by atoms with Crippen molar-refractivity contribution in [3.63, 3.8) is 0 Å². The summed E-state index contributed by atoms with van der Waals surface area (Å²) in [4.78, 5) is 12.1. The number of carbonyl (C=O) groups is 1. The van der Waals surface area contributed by atoms with E-state index in [9.17, 15) is 4.79 Å². The summed E-state index contributed by atoms with van der Waals surface area (Å²) < 4.78 is 5.92. The summed E-state index contributed by atoms with van der Waals surface area (Å²) in [6, 6.07) is 20.6. The fourth-order valence-electron chi connectivity index (χ4n) is 2.33. The maximum atomic E-state index is 12.1. The Hall–Kier alpha value is -3.41. The van der Waals surface area contributed by atoms with Crippen molar-refractivity contribution >= 4 is 17.4 Å². The van der Waals surface area contributed by atoms with Gasteiger partial charge in [-0.2, -0.15) is 0 Å². The van der Waals surface area contributed by atoms with E-state index in [0.717, 1.165) is 17.9 Å². The van der Waals surface area contributed by atoms with Crippen molar-refractivity contribution in [1.82, 2.24) is 15.5 Å². The molecule has 6 heteroatoms. The first kappa shape index (κ1) is 18.4. The molecular weight excluding hydrogens is 340 g/mol. The van der Waals surface area contributed by atoms with Gasteiger partial charge in [-0.05, 0) is 49.7 Å². The van der Waals surface area contributed by atoms with Crippen molar-refractivity contribution in [3.8, 4) is 11.5 Å². The highest BCUT2D eigenvalue weighted by molar-refractivity contribution is 5.92. The number of hydrogen-bond acceptors (Lipinski definition) is 5. The molecule has 0 saturated carbocycles. The molecule has 1 aromatic heterocycles. The zero-order chi connectivity index (χ0) is 19.1. The Bertz CT molecular complexity index is 882. The first-order chi connectivity index (χ1) is 13.2. The Kier molecular flexibility index (Phi) is 5.99. The molecule has 1 atom stereocenters. The van der Waals surface area contributed by atoms with Crippen LogP contribution in [0.5, 0.6) is 11.5 Å². The molecule has 3 aromatic rings. The highest BCUT2D eigenvalue weighted by Crippen LogP contribution is 2.30. The minimum atomic E-state index is -0.226. The molecule has 1 heterocycles. The van der Waals surface area contributed by atoms with Crippen molar-refractivity contribution in [3.05, 3.63) is 72.4 Å². The van der Waals surface area contributed by atoms with E-state index in [1.54, 1.807) is 12.1 Å². The second-order valence-corrected chi connectivity index (χ2v) is 6.12. The Morgan fingerprint density at radius 1 is 1.00 bits per heavy atom. The van der Waals surface area contributed by atoms with Crippen LogP contribution in [0.3, 0.4) is 0 Å². The molecule has 0 saturated heterocycles. The largest absolute Gasteiger partial charge is 0.455 e. The highest BCUT2D eigenvalue weighted by atomic mass is 16.5. The van der Waals surface area contributed by atoms with Crippen LogP contribution in [-0.4, -0.2) is 22.1 Å². The summed E-state index contributed by atoms with van der Waals surface area (Å²) in [5.74, 6) is 1.72. The van der Waals surface area contributed by atoms with Crippen LogP contribution in [0.1, 0.15) is 30.8 Å². The quantitative estimate of drug-likeness (QED) is 0.645. The predicted molar refractivity (Wildman–Crippen MR) is 105 cm³/mol. The number of aromatic nitrogens is 2. The number of amides is 1. The molecular formula is C21H22N4O2. The molecule has 1 amide bonds. The summed E-state index contributed by atoms with van der Waals surface area (Å²) in [6.45, 7) is 3.96. The molecule has 2 aromatic carbocycles. The van der Waals surface area contributed by atoms with Crippen molar-refractivity contribution < 1.29 is 9.53 Å². The van der Waals surface area contributed by atoms with Crippen molar-refractivity contribution in [2.75, 3.05) is 5.32 Å². The van der Waals surface area contributed by atoms with E-state index < -0.39 is 0 Å². The second kappa shape index (κ2) is 8.80. The summed E-state index contributed by atoms with van der Waals surface area (Å²) in [5.41, 5.74) is 1.04. The van der Waals surface area contributed by atoms with E-state index in [0.29, 0.717) is 11.6 Å². The molecule has 6 nitrogen and oxygen atoms in total. The summed E-state index contributed by atoms with van der Waals surface area (Å²) in [7, 11) is 0. The summed E-state index contributed by atoms with van der Waals surface area (Å²) in [5, 5.41) is 14.2. The number of hydrogen-bond donors (Lipinski definition) is 2. The van der Waals surface area contributed by atoms with E-state index in [2.05, 4.69) is 20.8 Å². The molecule has 3 rings (SSSR count). The van der Waals surface area contributed by atoms with Crippen molar-refractivity contribution in [1.29, 1.82) is 0 Å². The van der Waals surface area contributed by atoms with E-state index in [4.69, 9.17) is 4.74 Å². The lowest BCUT2D eigenvalue weighted by molar-refractivity contribution is 0.0933. The molecule has 0 aliphatic heterocycles. The minimum absolute atomic E-state index is 0.0964. The molecule has 0 radical (unpaired) electrons. The fourth-order valence-corrected chi connectivity index (χ4v) is 2.33. The van der Waals surface area contributed by atoms with Gasteiger partial charge < -0.3 is 15.4 Å². The molecule has 0 aliphatic carbocycles. The van der Waals surface area contributed by atoms with E-state index in [1.807, 2.05) is 68.4 Å². The van der Waals surface area contributed by atoms with Gasteiger partial charge in [0.15, 0.2) is 17.3 Å². The lowest BCUT2D eigenvalue weighted by Crippen LogP contribution is -2.32. The number of benzene rings is 2. The normalized spacial score (nSPS) is 11.5. The number of rotatable bonds is 7. The van der Waals surface area contributed by atoms with Crippen LogP contribution >= 0.6 is 0 Å². The van der Waals surface area contributed by atoms with Gasteiger partial charge in [0.05, 0.1) is 5.69 Å². The topological polar surface area (TPSA) is 76.1 Å². The molecule has 2 N–H and O–H groups in total. The van der Waals surface area contributed by atoms with Gasteiger partial charge in [0, 0.05) is 6.04 Å². The van der Waals surface area contributed by atoms with Crippen LogP contribution in [-0.2, 0) is 0 Å². The average Bonchev–Trinajstić information content (AvgIpc) is 2.70. The summed E-state index contributed by atoms with van der Waals surface area (Å²) in [6.07, 6.45) is 0.858. The number of nitrogens with one attached hydrogen (secondary N) is 2. The number of carbonyl (C=O) groups excluding carboxylic acids is 1. The van der Waals surface area contributed by atoms with Crippen molar-refractivity contribution in [2.24, 2.45) is 0 Å². The number of para-hydroxylation sites is 3. The maximum absolute atomic E-state index is 12.1. The lowest BCUT2D eigenvalue weighted by atomic mass is 10.2. The number of nitrogens with zero attached hydrogens (tertiary/aromatic N) is 2. The molecule has 0 bridgehead atoms. The molecule has 138 valence electrons. The van der Waals surface area contributed by atoms with Gasteiger partial charge in [-0.25, -0.2) is 0 Å². The minimum Gasteiger partial charge on any atom is -0.455 e. The third kappa shape index (κ3) is 5.04. The molecule has 0 aliphatic rings. The third-order valence-corrected chi connectivity index (χ3v) is 4.01. The zero-order valence-electron chi connectivity index (χ0n) is 15.3. The first-order valence-corrected chi connectivity index (χ1v) is 8.89. The third-order valence-electron chi connectivity index (χ3n) is 4.01. The predicted octanol–water partition coefficient (Wildman–Crippen LogP) is 4.54. The van der Waals surface area contributed by atoms with Gasteiger partial charge >= 0.3 is 0 Å². The van der Waals surface area contributed by atoms with Gasteiger partial charge in [-0.3, -0.25) is 4.79 Å². The molecule has 27 heavy (non-hydrogen) atoms. The standard InChI is InChI=1S/C21H22N4O2/c1-3-15(2)22-21(26)18-13-14-20(25-24-18)23-17-11-7-8-12-19(17)27-16-9-5-4-6-10-16/h4-15H,3H2,1-2H3,(H,22,26)(H,23,25). The molecule has 0 spiro atoms. The van der Waals surface area contributed by atoms with Crippen LogP contribution in [0.2, 0.25) is 0 Å². The van der Waals surface area contributed by atoms with Crippen LogP contribution in [0.25, 0.3) is 0 Å². The average molecular weight is 362 g/mol. The Labute approximate surface area is 158 Å².